The first-order valence-corrected chi connectivity index (χ1v) is 14.4. The third kappa shape index (κ3) is 5.70. The van der Waals surface area contributed by atoms with Gasteiger partial charge in [0.2, 0.25) is 5.91 Å². The number of hydrogen-bond acceptors (Lipinski definition) is 6. The summed E-state index contributed by atoms with van der Waals surface area (Å²) in [6.45, 7) is 1.81. The molecular formula is C26H29ClF2N2O6S. The van der Waals surface area contributed by atoms with Crippen LogP contribution in [0, 0.1) is 17.6 Å². The van der Waals surface area contributed by atoms with Gasteiger partial charge < -0.3 is 20.1 Å². The van der Waals surface area contributed by atoms with Crippen molar-refractivity contribution in [2.24, 2.45) is 5.92 Å². The van der Waals surface area contributed by atoms with Crippen LogP contribution in [0.25, 0.3) is 0 Å². The second kappa shape index (κ2) is 11.6. The molecule has 0 aliphatic carbocycles. The Morgan fingerprint density at radius 2 is 1.92 bits per heavy atom. The molecule has 3 atom stereocenters. The van der Waals surface area contributed by atoms with Crippen molar-refractivity contribution in [1.29, 1.82) is 0 Å². The van der Waals surface area contributed by atoms with Gasteiger partial charge in [0.25, 0.3) is 5.91 Å². The molecule has 2 aromatic carbocycles. The summed E-state index contributed by atoms with van der Waals surface area (Å²) in [5, 5.41) is 11.5. The molecule has 0 radical (unpaired) electrons. The topological polar surface area (TPSA) is 113 Å². The fourth-order valence-electron chi connectivity index (χ4n) is 4.98. The van der Waals surface area contributed by atoms with Crippen LogP contribution in [0.2, 0.25) is 5.02 Å². The van der Waals surface area contributed by atoms with E-state index in [4.69, 9.17) is 21.4 Å². The van der Waals surface area contributed by atoms with Crippen molar-refractivity contribution in [3.8, 4) is 0 Å². The highest BCUT2D eigenvalue weighted by atomic mass is 35.5. The zero-order valence-corrected chi connectivity index (χ0v) is 22.3. The van der Waals surface area contributed by atoms with Gasteiger partial charge in [-0.1, -0.05) is 24.6 Å². The van der Waals surface area contributed by atoms with Crippen LogP contribution in [0.1, 0.15) is 48.1 Å². The molecule has 2 N–H and O–H groups in total. The molecule has 12 heteroatoms. The standard InChI is InChI=1S/C26H29ClF2N2O6S/c1-2-17-6-7-23(31(17)26(34)15-4-3-5-18(10-15)38(35,36)9-8-32)25(33)30-24(16-13-37-14-16)19-11-22(29)20(27)12-21(19)28/h3-5,10-12,16-17,23-24,32H,2,6-9,13-14H2,1H3,(H,30,33)/t17-,23-,24?/m1/s1. The minimum Gasteiger partial charge on any atom is -0.395 e. The number of aliphatic hydroxyl groups is 1. The molecule has 2 aliphatic rings. The second-order valence-corrected chi connectivity index (χ2v) is 12.0. The van der Waals surface area contributed by atoms with E-state index in [1.54, 1.807) is 0 Å². The highest BCUT2D eigenvalue weighted by Gasteiger charge is 2.42. The van der Waals surface area contributed by atoms with Crippen molar-refractivity contribution < 1.29 is 36.6 Å². The number of likely N-dealkylation sites (tertiary alicyclic amines) is 1. The van der Waals surface area contributed by atoms with Crippen molar-refractivity contribution in [2.75, 3.05) is 25.6 Å². The van der Waals surface area contributed by atoms with Crippen LogP contribution in [-0.2, 0) is 19.4 Å². The molecule has 8 nitrogen and oxygen atoms in total. The molecule has 2 aliphatic heterocycles. The maximum absolute atomic E-state index is 14.8. The van der Waals surface area contributed by atoms with Gasteiger partial charge in [-0.3, -0.25) is 9.59 Å². The number of aliphatic hydroxyl groups excluding tert-OH is 1. The van der Waals surface area contributed by atoms with Gasteiger partial charge >= 0.3 is 0 Å². The molecule has 0 spiro atoms. The maximum Gasteiger partial charge on any atom is 0.254 e. The largest absolute Gasteiger partial charge is 0.395 e. The van der Waals surface area contributed by atoms with Crippen molar-refractivity contribution in [3.63, 3.8) is 0 Å². The zero-order valence-electron chi connectivity index (χ0n) is 20.7. The number of amides is 2. The van der Waals surface area contributed by atoms with Crippen LogP contribution in [0.4, 0.5) is 8.78 Å². The molecular weight excluding hydrogens is 542 g/mol. The lowest BCUT2D eigenvalue weighted by Gasteiger charge is -2.36. The smallest absolute Gasteiger partial charge is 0.254 e. The van der Waals surface area contributed by atoms with E-state index in [0.29, 0.717) is 19.3 Å². The van der Waals surface area contributed by atoms with E-state index in [1.165, 1.54) is 29.2 Å². The molecule has 0 saturated carbocycles. The van der Waals surface area contributed by atoms with Crippen molar-refractivity contribution >= 4 is 33.3 Å². The SMILES string of the molecule is CC[C@@H]1CC[C@H](C(=O)NC(c2cc(F)c(Cl)cc2F)C2COC2)N1C(=O)c1cccc(S(=O)(=O)CCO)c1. The molecule has 2 amide bonds. The van der Waals surface area contributed by atoms with Crippen molar-refractivity contribution in [1.82, 2.24) is 10.2 Å². The summed E-state index contributed by atoms with van der Waals surface area (Å²) in [6.07, 6.45) is 1.46. The molecule has 0 aromatic heterocycles. The van der Waals surface area contributed by atoms with Crippen LogP contribution in [0.3, 0.4) is 0 Å². The van der Waals surface area contributed by atoms with Gasteiger partial charge in [-0.25, -0.2) is 17.2 Å². The lowest BCUT2D eigenvalue weighted by atomic mass is 9.90. The molecule has 1 unspecified atom stereocenters. The average Bonchev–Trinajstić information content (AvgIpc) is 3.29. The molecule has 4 rings (SSSR count). The summed E-state index contributed by atoms with van der Waals surface area (Å²) in [5.41, 5.74) is 0.0372. The quantitative estimate of drug-likeness (QED) is 0.448. The van der Waals surface area contributed by atoms with Gasteiger partial charge in [-0.05, 0) is 49.6 Å². The summed E-state index contributed by atoms with van der Waals surface area (Å²) >= 11 is 5.71. The highest BCUT2D eigenvalue weighted by molar-refractivity contribution is 7.91. The second-order valence-electron chi connectivity index (χ2n) is 9.51. The Bertz CT molecular complexity index is 1320. The molecule has 2 saturated heterocycles. The first-order chi connectivity index (χ1) is 18.1. The number of ether oxygens (including phenoxy) is 1. The lowest BCUT2D eigenvalue weighted by molar-refractivity contribution is -0.128. The fraction of sp³-hybridized carbons (Fsp3) is 0.462. The number of hydrogen-bond donors (Lipinski definition) is 2. The Balaban J connectivity index is 1.62. The minimum atomic E-state index is -3.79. The van der Waals surface area contributed by atoms with Crippen molar-refractivity contribution in [3.05, 3.63) is 64.2 Å². The van der Waals surface area contributed by atoms with Gasteiger partial charge in [-0.2, -0.15) is 0 Å². The van der Waals surface area contributed by atoms with Crippen LogP contribution in [-0.4, -0.2) is 67.9 Å². The maximum atomic E-state index is 14.8. The van der Waals surface area contributed by atoms with Crippen molar-refractivity contribution in [2.45, 2.75) is 49.2 Å². The van der Waals surface area contributed by atoms with Gasteiger partial charge in [-0.15, -0.1) is 0 Å². The third-order valence-corrected chi connectivity index (χ3v) is 9.10. The van der Waals surface area contributed by atoms with Gasteiger partial charge in [0, 0.05) is 23.1 Å². The summed E-state index contributed by atoms with van der Waals surface area (Å²) in [4.78, 5) is 28.5. The van der Waals surface area contributed by atoms with E-state index in [0.717, 1.165) is 12.1 Å². The molecule has 38 heavy (non-hydrogen) atoms. The minimum absolute atomic E-state index is 0.0572. The van der Waals surface area contributed by atoms with E-state index in [2.05, 4.69) is 5.32 Å². The Hall–Kier alpha value is -2.60. The van der Waals surface area contributed by atoms with E-state index >= 15 is 0 Å². The first-order valence-electron chi connectivity index (χ1n) is 12.4. The van der Waals surface area contributed by atoms with Crippen LogP contribution in [0.5, 0.6) is 0 Å². The molecule has 2 heterocycles. The van der Waals surface area contributed by atoms with E-state index in [-0.39, 0.29) is 46.2 Å². The molecule has 2 fully saturated rings. The van der Waals surface area contributed by atoms with Crippen LogP contribution in [0.15, 0.2) is 41.3 Å². The number of carbonyl (C=O) groups is 2. The monoisotopic (exact) mass is 570 g/mol. The molecule has 2 aromatic rings. The number of benzene rings is 2. The number of rotatable bonds is 9. The Labute approximate surface area is 224 Å². The number of carbonyl (C=O) groups excluding carboxylic acids is 2. The average molecular weight is 571 g/mol. The summed E-state index contributed by atoms with van der Waals surface area (Å²) < 4.78 is 59.1. The van der Waals surface area contributed by atoms with Gasteiger partial charge in [0.15, 0.2) is 9.84 Å². The van der Waals surface area contributed by atoms with E-state index in [1.807, 2.05) is 6.92 Å². The summed E-state index contributed by atoms with van der Waals surface area (Å²) in [7, 11) is -3.79. The first kappa shape index (κ1) is 28.4. The predicted octanol–water partition coefficient (Wildman–Crippen LogP) is 3.27. The number of nitrogens with zero attached hydrogens (tertiary/aromatic N) is 1. The van der Waals surface area contributed by atoms with Crippen LogP contribution < -0.4 is 5.32 Å². The number of halogens is 3. The van der Waals surface area contributed by atoms with E-state index < -0.39 is 57.7 Å². The van der Waals surface area contributed by atoms with Gasteiger partial charge in [0.1, 0.15) is 17.7 Å². The summed E-state index contributed by atoms with van der Waals surface area (Å²) in [6, 6.07) is 5.26. The molecule has 206 valence electrons. The number of sulfone groups is 1. The summed E-state index contributed by atoms with van der Waals surface area (Å²) in [5.74, 6) is -3.39. The highest BCUT2D eigenvalue weighted by Crippen LogP contribution is 2.34. The number of nitrogens with one attached hydrogen (secondary N) is 1. The zero-order chi connectivity index (χ0) is 27.6. The fourth-order valence-corrected chi connectivity index (χ4v) is 6.20. The Morgan fingerprint density at radius 1 is 1.18 bits per heavy atom. The molecule has 0 bridgehead atoms. The van der Waals surface area contributed by atoms with Crippen LogP contribution >= 0.6 is 11.6 Å². The Morgan fingerprint density at radius 3 is 2.55 bits per heavy atom. The normalized spacial score (nSPS) is 20.7. The van der Waals surface area contributed by atoms with Gasteiger partial charge in [0.05, 0.1) is 41.5 Å². The Kier molecular flexibility index (Phi) is 8.71. The third-order valence-electron chi connectivity index (χ3n) is 7.12. The lowest BCUT2D eigenvalue weighted by Crippen LogP contribution is -2.52. The van der Waals surface area contributed by atoms with E-state index in [9.17, 15) is 26.8 Å². The predicted molar refractivity (Wildman–Crippen MR) is 135 cm³/mol.